The van der Waals surface area contributed by atoms with Gasteiger partial charge in [0.2, 0.25) is 11.8 Å². The topological polar surface area (TPSA) is 84.5 Å². The Bertz CT molecular complexity index is 498. The summed E-state index contributed by atoms with van der Waals surface area (Å²) in [4.78, 5) is 28.1. The van der Waals surface area contributed by atoms with Crippen LogP contribution in [0.4, 0.5) is 0 Å². The van der Waals surface area contributed by atoms with Gasteiger partial charge < -0.3 is 5.73 Å². The maximum absolute atomic E-state index is 12.1. The average molecular weight is 268 g/mol. The maximum Gasteiger partial charge on any atom is 0.238 e. The quantitative estimate of drug-likeness (QED) is 0.664. The number of amidine groups is 1. The number of carbonyl (C=O) groups is 2. The van der Waals surface area contributed by atoms with Crippen molar-refractivity contribution in [2.24, 2.45) is 28.0 Å². The lowest BCUT2D eigenvalue weighted by atomic mass is 9.65. The number of rotatable bonds is 1. The molecule has 3 N–H and O–H groups in total. The highest BCUT2D eigenvalue weighted by Gasteiger charge is 2.59. The van der Waals surface area contributed by atoms with E-state index in [1.165, 1.54) is 0 Å². The van der Waals surface area contributed by atoms with Gasteiger partial charge in [0.1, 0.15) is 0 Å². The van der Waals surface area contributed by atoms with Gasteiger partial charge >= 0.3 is 0 Å². The number of nitrogens with zero attached hydrogens (tertiary/aromatic N) is 1. The minimum Gasteiger partial charge on any atom is -0.387 e. The zero-order valence-corrected chi connectivity index (χ0v) is 10.4. The molecule has 0 aromatic rings. The predicted octanol–water partition coefficient (Wildman–Crippen LogP) is 0.170. The van der Waals surface area contributed by atoms with E-state index < -0.39 is 11.3 Å². The molecule has 2 amide bonds. The number of amides is 2. The first-order chi connectivity index (χ1) is 8.16. The summed E-state index contributed by atoms with van der Waals surface area (Å²) in [6.07, 6.45) is 7.90. The highest BCUT2D eigenvalue weighted by atomic mass is 35.5. The molecule has 0 spiro atoms. The van der Waals surface area contributed by atoms with Crippen LogP contribution in [0.1, 0.15) is 6.42 Å². The van der Waals surface area contributed by atoms with Crippen LogP contribution in [0.3, 0.4) is 0 Å². The van der Waals surface area contributed by atoms with Gasteiger partial charge in [-0.3, -0.25) is 19.9 Å². The van der Waals surface area contributed by atoms with Crippen molar-refractivity contribution in [3.63, 3.8) is 0 Å². The third kappa shape index (κ3) is 1.43. The summed E-state index contributed by atoms with van der Waals surface area (Å²) in [7, 11) is 0. The Balaban J connectivity index is 0.00000120. The van der Waals surface area contributed by atoms with E-state index in [4.69, 9.17) is 5.73 Å². The van der Waals surface area contributed by atoms with Gasteiger partial charge in [-0.15, -0.1) is 12.4 Å². The fourth-order valence-electron chi connectivity index (χ4n) is 3.03. The third-order valence-corrected chi connectivity index (χ3v) is 3.86. The van der Waals surface area contributed by atoms with Crippen LogP contribution < -0.4 is 11.1 Å². The maximum atomic E-state index is 12.1. The first kappa shape index (κ1) is 12.8. The Hall–Kier alpha value is -1.62. The van der Waals surface area contributed by atoms with Crippen molar-refractivity contribution < 1.29 is 9.59 Å². The second-order valence-electron chi connectivity index (χ2n) is 4.62. The van der Waals surface area contributed by atoms with Crippen molar-refractivity contribution in [3.05, 3.63) is 24.3 Å². The lowest BCUT2D eigenvalue weighted by molar-refractivity contribution is -0.128. The number of nitrogens with one attached hydrogen (secondary N) is 1. The second-order valence-corrected chi connectivity index (χ2v) is 4.62. The molecule has 0 aromatic heterocycles. The number of nitrogens with two attached hydrogens (primary N) is 1. The molecule has 2 heterocycles. The molecule has 18 heavy (non-hydrogen) atoms. The van der Waals surface area contributed by atoms with Crippen LogP contribution in [0.2, 0.25) is 0 Å². The number of hydrogen-bond donors (Lipinski definition) is 2. The first-order valence-corrected chi connectivity index (χ1v) is 5.67. The summed E-state index contributed by atoms with van der Waals surface area (Å²) in [5.74, 6) is -0.620. The molecule has 1 fully saturated rings. The van der Waals surface area contributed by atoms with Crippen LogP contribution >= 0.6 is 12.4 Å². The number of fused-ring (bicyclic) bond motifs is 1. The van der Waals surface area contributed by atoms with E-state index in [9.17, 15) is 9.59 Å². The van der Waals surface area contributed by atoms with Gasteiger partial charge in [0.05, 0.1) is 17.2 Å². The van der Waals surface area contributed by atoms with Crippen LogP contribution in [0.15, 0.2) is 29.3 Å². The van der Waals surface area contributed by atoms with E-state index in [0.29, 0.717) is 12.4 Å². The standard InChI is InChI=1S/C12H13N3O2.ClH/c13-9-7(4-6-14-9)12-5-2-1-3-8(12)10(16)15-11(12)17;/h1-3,5,7-8H,4,6H2,(H2,13,14)(H,15,16,17);1H. The Morgan fingerprint density at radius 2 is 2.17 bits per heavy atom. The average Bonchev–Trinajstić information content (AvgIpc) is 2.84. The van der Waals surface area contributed by atoms with Crippen LogP contribution in [0.25, 0.3) is 0 Å². The first-order valence-electron chi connectivity index (χ1n) is 5.67. The zero-order valence-electron chi connectivity index (χ0n) is 9.63. The summed E-state index contributed by atoms with van der Waals surface area (Å²) in [5.41, 5.74) is 5.02. The zero-order chi connectivity index (χ0) is 12.0. The van der Waals surface area contributed by atoms with Crippen LogP contribution in [0, 0.1) is 17.3 Å². The van der Waals surface area contributed by atoms with Crippen LogP contribution in [-0.4, -0.2) is 24.2 Å². The predicted molar refractivity (Wildman–Crippen MR) is 69.2 cm³/mol. The largest absolute Gasteiger partial charge is 0.387 e. The molecular weight excluding hydrogens is 254 g/mol. The summed E-state index contributed by atoms with van der Waals surface area (Å²) < 4.78 is 0. The van der Waals surface area contributed by atoms with Crippen molar-refractivity contribution in [1.82, 2.24) is 5.32 Å². The minimum atomic E-state index is -0.851. The van der Waals surface area contributed by atoms with Crippen LogP contribution in [-0.2, 0) is 9.59 Å². The minimum absolute atomic E-state index is 0. The molecule has 3 atom stereocenters. The molecule has 0 radical (unpaired) electrons. The number of imide groups is 1. The fraction of sp³-hybridized carbons (Fsp3) is 0.417. The number of aliphatic imine (C=N–C) groups is 1. The Labute approximate surface area is 111 Å². The molecule has 3 unspecified atom stereocenters. The van der Waals surface area contributed by atoms with E-state index in [2.05, 4.69) is 10.3 Å². The van der Waals surface area contributed by atoms with Crippen LogP contribution in [0.5, 0.6) is 0 Å². The van der Waals surface area contributed by atoms with Crippen molar-refractivity contribution in [2.45, 2.75) is 6.42 Å². The molecule has 0 bridgehead atoms. The lowest BCUT2D eigenvalue weighted by Gasteiger charge is -2.34. The number of carbonyl (C=O) groups excluding carboxylic acids is 2. The highest BCUT2D eigenvalue weighted by Crippen LogP contribution is 2.47. The molecule has 0 aromatic carbocycles. The molecule has 96 valence electrons. The Kier molecular flexibility index (Phi) is 3.02. The van der Waals surface area contributed by atoms with Crippen molar-refractivity contribution in [1.29, 1.82) is 0 Å². The van der Waals surface area contributed by atoms with E-state index >= 15 is 0 Å². The monoisotopic (exact) mass is 267 g/mol. The summed E-state index contributed by atoms with van der Waals surface area (Å²) in [6.45, 7) is 0.629. The van der Waals surface area contributed by atoms with Crippen molar-refractivity contribution in [3.8, 4) is 0 Å². The van der Waals surface area contributed by atoms with E-state index in [-0.39, 0.29) is 30.1 Å². The number of allylic oxidation sites excluding steroid dienone is 2. The normalized spacial score (nSPS) is 37.0. The summed E-state index contributed by atoms with van der Waals surface area (Å²) in [5, 5.41) is 2.41. The summed E-state index contributed by atoms with van der Waals surface area (Å²) in [6, 6.07) is 0. The Morgan fingerprint density at radius 3 is 2.83 bits per heavy atom. The molecule has 1 aliphatic carbocycles. The van der Waals surface area contributed by atoms with E-state index in [1.807, 2.05) is 0 Å². The van der Waals surface area contributed by atoms with E-state index in [1.54, 1.807) is 24.3 Å². The second kappa shape index (κ2) is 4.24. The van der Waals surface area contributed by atoms with Gasteiger partial charge in [0.15, 0.2) is 0 Å². The fourth-order valence-corrected chi connectivity index (χ4v) is 3.03. The highest BCUT2D eigenvalue weighted by molar-refractivity contribution is 6.12. The lowest BCUT2D eigenvalue weighted by Crippen LogP contribution is -2.45. The van der Waals surface area contributed by atoms with E-state index in [0.717, 1.165) is 6.42 Å². The van der Waals surface area contributed by atoms with Gasteiger partial charge in [-0.25, -0.2) is 0 Å². The van der Waals surface area contributed by atoms with Gasteiger partial charge in [-0.2, -0.15) is 0 Å². The van der Waals surface area contributed by atoms with Crippen molar-refractivity contribution in [2.75, 3.05) is 6.54 Å². The molecule has 3 aliphatic rings. The molecular formula is C12H14ClN3O2. The molecule has 1 saturated heterocycles. The SMILES string of the molecule is Cl.NC1=NCCC1C12C=CC=CC1C(=O)NC2=O. The summed E-state index contributed by atoms with van der Waals surface area (Å²) >= 11 is 0. The van der Waals surface area contributed by atoms with Gasteiger partial charge in [-0.05, 0) is 6.42 Å². The molecule has 0 saturated carbocycles. The van der Waals surface area contributed by atoms with Gasteiger partial charge in [0, 0.05) is 12.5 Å². The smallest absolute Gasteiger partial charge is 0.238 e. The van der Waals surface area contributed by atoms with Crippen molar-refractivity contribution >= 4 is 30.1 Å². The molecule has 5 nitrogen and oxygen atoms in total. The molecule has 6 heteroatoms. The number of hydrogen-bond acceptors (Lipinski definition) is 4. The van der Waals surface area contributed by atoms with Gasteiger partial charge in [-0.1, -0.05) is 24.3 Å². The molecule has 3 rings (SSSR count). The molecule has 2 aliphatic heterocycles. The van der Waals surface area contributed by atoms with Gasteiger partial charge in [0.25, 0.3) is 0 Å². The third-order valence-electron chi connectivity index (χ3n) is 3.86. The number of halogens is 1. The Morgan fingerprint density at radius 1 is 1.39 bits per heavy atom.